The molecule has 0 bridgehead atoms. The number of hydrogen-bond donors (Lipinski definition) is 1. The lowest BCUT2D eigenvalue weighted by Gasteiger charge is -2.39. The SMILES string of the molecule is CCCCN1CCCCC1C(O)c1cc(C(F)(F)F)nc2c(C(F)(F)F)cccc12. The maximum Gasteiger partial charge on any atom is 0.433 e. The monoisotopic (exact) mass is 434 g/mol. The highest BCUT2D eigenvalue weighted by Gasteiger charge is 2.39. The molecule has 2 heterocycles. The zero-order valence-corrected chi connectivity index (χ0v) is 16.5. The van der Waals surface area contributed by atoms with Crippen molar-refractivity contribution >= 4 is 10.9 Å². The highest BCUT2D eigenvalue weighted by molar-refractivity contribution is 5.86. The number of pyridine rings is 1. The van der Waals surface area contributed by atoms with Crippen molar-refractivity contribution in [3.8, 4) is 0 Å². The molecule has 0 amide bonds. The van der Waals surface area contributed by atoms with Gasteiger partial charge in [0.05, 0.1) is 17.2 Å². The molecule has 1 aliphatic heterocycles. The largest absolute Gasteiger partial charge is 0.433 e. The molecular weight excluding hydrogens is 410 g/mol. The van der Waals surface area contributed by atoms with Crippen molar-refractivity contribution in [2.45, 2.75) is 63.5 Å². The second kappa shape index (κ2) is 8.70. The fourth-order valence-electron chi connectivity index (χ4n) is 4.11. The minimum atomic E-state index is -4.93. The number of benzene rings is 1. The van der Waals surface area contributed by atoms with Crippen LogP contribution in [0.2, 0.25) is 0 Å². The Hall–Kier alpha value is -1.87. The predicted octanol–water partition coefficient (Wildman–Crippen LogP) is 5.96. The maximum atomic E-state index is 13.4. The molecule has 1 aromatic heterocycles. The van der Waals surface area contributed by atoms with Gasteiger partial charge in [-0.3, -0.25) is 4.90 Å². The molecule has 3 nitrogen and oxygen atoms in total. The zero-order valence-electron chi connectivity index (χ0n) is 16.5. The zero-order chi connectivity index (χ0) is 22.1. The smallest absolute Gasteiger partial charge is 0.387 e. The van der Waals surface area contributed by atoms with Gasteiger partial charge in [-0.15, -0.1) is 0 Å². The van der Waals surface area contributed by atoms with E-state index < -0.39 is 41.3 Å². The van der Waals surface area contributed by atoms with Crippen molar-refractivity contribution in [1.82, 2.24) is 9.88 Å². The molecule has 1 aromatic carbocycles. The molecule has 2 unspecified atom stereocenters. The average molecular weight is 434 g/mol. The van der Waals surface area contributed by atoms with Gasteiger partial charge in [0, 0.05) is 11.4 Å². The van der Waals surface area contributed by atoms with Gasteiger partial charge in [0.1, 0.15) is 5.69 Å². The number of alkyl halides is 6. The minimum absolute atomic E-state index is 0.105. The van der Waals surface area contributed by atoms with Gasteiger partial charge in [-0.1, -0.05) is 31.9 Å². The van der Waals surface area contributed by atoms with Crippen LogP contribution in [0, 0.1) is 0 Å². The van der Waals surface area contributed by atoms with E-state index in [1.54, 1.807) is 0 Å². The van der Waals surface area contributed by atoms with Gasteiger partial charge in [-0.2, -0.15) is 26.3 Å². The first-order valence-electron chi connectivity index (χ1n) is 10.0. The van der Waals surface area contributed by atoms with Crippen LogP contribution in [0.5, 0.6) is 0 Å². The summed E-state index contributed by atoms with van der Waals surface area (Å²) in [5.41, 5.74) is -3.63. The number of likely N-dealkylation sites (tertiary alicyclic amines) is 1. The number of aliphatic hydroxyl groups is 1. The Morgan fingerprint density at radius 1 is 1.13 bits per heavy atom. The lowest BCUT2D eigenvalue weighted by Crippen LogP contribution is -2.43. The van der Waals surface area contributed by atoms with Gasteiger partial charge in [0.2, 0.25) is 0 Å². The number of aliphatic hydroxyl groups excluding tert-OH is 1. The summed E-state index contributed by atoms with van der Waals surface area (Å²) in [6.07, 6.45) is -7.08. The Labute approximate surface area is 170 Å². The molecule has 9 heteroatoms. The number of rotatable bonds is 5. The lowest BCUT2D eigenvalue weighted by molar-refractivity contribution is -0.142. The van der Waals surface area contributed by atoms with E-state index in [4.69, 9.17) is 0 Å². The van der Waals surface area contributed by atoms with E-state index in [1.807, 2.05) is 11.8 Å². The van der Waals surface area contributed by atoms with E-state index >= 15 is 0 Å². The van der Waals surface area contributed by atoms with Crippen LogP contribution < -0.4 is 0 Å². The average Bonchev–Trinajstić information content (AvgIpc) is 2.69. The predicted molar refractivity (Wildman–Crippen MR) is 101 cm³/mol. The van der Waals surface area contributed by atoms with Crippen molar-refractivity contribution in [2.75, 3.05) is 13.1 Å². The highest BCUT2D eigenvalue weighted by atomic mass is 19.4. The molecule has 1 fully saturated rings. The van der Waals surface area contributed by atoms with Crippen LogP contribution in [-0.4, -0.2) is 34.1 Å². The van der Waals surface area contributed by atoms with E-state index in [9.17, 15) is 31.4 Å². The van der Waals surface area contributed by atoms with Crippen LogP contribution in [0.3, 0.4) is 0 Å². The summed E-state index contributed by atoms with van der Waals surface area (Å²) in [5, 5.41) is 11.0. The van der Waals surface area contributed by atoms with E-state index in [0.29, 0.717) is 31.6 Å². The molecule has 0 saturated carbocycles. The standard InChI is InChI=1S/C21H24F6N2O/c1-2-3-10-29-11-5-4-9-16(29)19(30)14-12-17(21(25,26)27)28-18-13(14)7-6-8-15(18)20(22,23)24/h6-8,12,16,19,30H,2-5,9-11H2,1H3. The molecule has 1 N–H and O–H groups in total. The first kappa shape index (κ1) is 22.8. The molecule has 1 aliphatic rings. The van der Waals surface area contributed by atoms with E-state index in [-0.39, 0.29) is 10.9 Å². The molecule has 0 spiro atoms. The van der Waals surface area contributed by atoms with Gasteiger partial charge in [-0.25, -0.2) is 4.98 Å². The van der Waals surface area contributed by atoms with Crippen molar-refractivity contribution in [1.29, 1.82) is 0 Å². The minimum Gasteiger partial charge on any atom is -0.387 e. The summed E-state index contributed by atoms with van der Waals surface area (Å²) in [6, 6.07) is 3.37. The molecule has 2 atom stereocenters. The fraction of sp³-hybridized carbons (Fsp3) is 0.571. The number of nitrogens with zero attached hydrogens (tertiary/aromatic N) is 2. The molecule has 2 aromatic rings. The van der Waals surface area contributed by atoms with Gasteiger partial charge < -0.3 is 5.11 Å². The number of halogens is 6. The second-order valence-corrected chi connectivity index (χ2v) is 7.69. The first-order valence-corrected chi connectivity index (χ1v) is 10.0. The third-order valence-corrected chi connectivity index (χ3v) is 5.61. The Kier molecular flexibility index (Phi) is 6.62. The number of piperidine rings is 1. The van der Waals surface area contributed by atoms with E-state index in [2.05, 4.69) is 4.98 Å². The summed E-state index contributed by atoms with van der Waals surface area (Å²) >= 11 is 0. The number of aromatic nitrogens is 1. The van der Waals surface area contributed by atoms with E-state index in [1.165, 1.54) is 6.07 Å². The van der Waals surface area contributed by atoms with Crippen molar-refractivity contribution in [3.05, 3.63) is 41.1 Å². The van der Waals surface area contributed by atoms with Crippen LogP contribution in [0.15, 0.2) is 24.3 Å². The fourth-order valence-corrected chi connectivity index (χ4v) is 4.11. The van der Waals surface area contributed by atoms with E-state index in [0.717, 1.165) is 31.7 Å². The number of fused-ring (bicyclic) bond motifs is 1. The van der Waals surface area contributed by atoms with Crippen molar-refractivity contribution in [3.63, 3.8) is 0 Å². The molecule has 1 saturated heterocycles. The third-order valence-electron chi connectivity index (χ3n) is 5.61. The Bertz CT molecular complexity index is 880. The maximum absolute atomic E-state index is 13.4. The molecule has 166 valence electrons. The van der Waals surface area contributed by atoms with Gasteiger partial charge >= 0.3 is 12.4 Å². The van der Waals surface area contributed by atoms with Crippen LogP contribution in [0.25, 0.3) is 10.9 Å². The van der Waals surface area contributed by atoms with Crippen LogP contribution in [0.4, 0.5) is 26.3 Å². The van der Waals surface area contributed by atoms with Gasteiger partial charge in [0.25, 0.3) is 0 Å². The number of unbranched alkanes of at least 4 members (excludes halogenated alkanes) is 1. The summed E-state index contributed by atoms with van der Waals surface area (Å²) in [7, 11) is 0. The summed E-state index contributed by atoms with van der Waals surface area (Å²) < 4.78 is 80.6. The highest BCUT2D eigenvalue weighted by Crippen LogP contribution is 2.40. The second-order valence-electron chi connectivity index (χ2n) is 7.69. The lowest BCUT2D eigenvalue weighted by atomic mass is 9.90. The van der Waals surface area contributed by atoms with Gasteiger partial charge in [0.15, 0.2) is 0 Å². The van der Waals surface area contributed by atoms with Gasteiger partial charge in [-0.05, 0) is 50.0 Å². The van der Waals surface area contributed by atoms with Crippen molar-refractivity contribution in [2.24, 2.45) is 0 Å². The van der Waals surface area contributed by atoms with Crippen molar-refractivity contribution < 1.29 is 31.4 Å². The topological polar surface area (TPSA) is 36.4 Å². The Balaban J connectivity index is 2.16. The summed E-state index contributed by atoms with van der Waals surface area (Å²) in [4.78, 5) is 5.33. The van der Waals surface area contributed by atoms with Crippen LogP contribution >= 0.6 is 0 Å². The normalized spacial score (nSPS) is 19.9. The molecular formula is C21H24F6N2O. The molecule has 3 rings (SSSR count). The number of para-hydroxylation sites is 1. The van der Waals surface area contributed by atoms with Crippen LogP contribution in [-0.2, 0) is 12.4 Å². The first-order chi connectivity index (χ1) is 14.0. The Morgan fingerprint density at radius 2 is 1.87 bits per heavy atom. The third kappa shape index (κ3) is 4.72. The van der Waals surface area contributed by atoms with Crippen LogP contribution in [0.1, 0.15) is 62.0 Å². The molecule has 0 radical (unpaired) electrons. The summed E-state index contributed by atoms with van der Waals surface area (Å²) in [5.74, 6) is 0. The number of hydrogen-bond acceptors (Lipinski definition) is 3. The summed E-state index contributed by atoms with van der Waals surface area (Å²) in [6.45, 7) is 3.39. The molecule has 0 aliphatic carbocycles. The quantitative estimate of drug-likeness (QED) is 0.590. The Morgan fingerprint density at radius 3 is 2.50 bits per heavy atom. The molecule has 30 heavy (non-hydrogen) atoms.